The zero-order chi connectivity index (χ0) is 12.8. The second-order valence-electron chi connectivity index (χ2n) is 3.95. The number of rotatable bonds is 6. The van der Waals surface area contributed by atoms with E-state index in [0.717, 1.165) is 5.56 Å². The number of nitrogens with zero attached hydrogens (tertiary/aromatic N) is 1. The molecule has 0 aliphatic rings. The lowest BCUT2D eigenvalue weighted by Gasteiger charge is -2.11. The van der Waals surface area contributed by atoms with Crippen molar-refractivity contribution in [3.05, 3.63) is 39.9 Å². The molecule has 0 heterocycles. The summed E-state index contributed by atoms with van der Waals surface area (Å²) in [5.74, 6) is -0.196. The van der Waals surface area contributed by atoms with Gasteiger partial charge in [0.2, 0.25) is 0 Å². The molecule has 0 amide bonds. The molecule has 5 heteroatoms. The highest BCUT2D eigenvalue weighted by molar-refractivity contribution is 5.78. The van der Waals surface area contributed by atoms with Crippen LogP contribution in [0.5, 0.6) is 0 Å². The molecule has 0 saturated heterocycles. The second kappa shape index (κ2) is 6.10. The van der Waals surface area contributed by atoms with Gasteiger partial charge in [-0.3, -0.25) is 14.9 Å². The van der Waals surface area contributed by atoms with Gasteiger partial charge < -0.3 is 5.11 Å². The summed E-state index contributed by atoms with van der Waals surface area (Å²) in [7, 11) is 0. The predicted octanol–water partition coefficient (Wildman–Crippen LogP) is 1.72. The van der Waals surface area contributed by atoms with Gasteiger partial charge in [0.15, 0.2) is 0 Å². The third-order valence-corrected chi connectivity index (χ3v) is 2.68. The Morgan fingerprint density at radius 3 is 2.41 bits per heavy atom. The van der Waals surface area contributed by atoms with Gasteiger partial charge in [0.25, 0.3) is 5.69 Å². The van der Waals surface area contributed by atoms with Gasteiger partial charge in [0, 0.05) is 24.7 Å². The molecule has 0 radical (unpaired) electrons. The maximum atomic E-state index is 11.3. The summed E-state index contributed by atoms with van der Waals surface area (Å²) >= 11 is 0. The first kappa shape index (κ1) is 13.3. The number of carbonyl (C=O) groups is 1. The van der Waals surface area contributed by atoms with E-state index in [0.29, 0.717) is 12.8 Å². The van der Waals surface area contributed by atoms with E-state index in [1.54, 1.807) is 12.1 Å². The van der Waals surface area contributed by atoms with Crippen molar-refractivity contribution in [2.24, 2.45) is 5.92 Å². The molecule has 0 aromatic heterocycles. The van der Waals surface area contributed by atoms with Gasteiger partial charge in [-0.2, -0.15) is 0 Å². The molecular weight excluding hydrogens is 222 g/mol. The number of carbonyl (C=O) groups excluding carboxylic acids is 1. The molecule has 0 aliphatic carbocycles. The van der Waals surface area contributed by atoms with E-state index in [-0.39, 0.29) is 24.0 Å². The van der Waals surface area contributed by atoms with Gasteiger partial charge in [-0.25, -0.2) is 0 Å². The first-order valence-electron chi connectivity index (χ1n) is 5.39. The lowest BCUT2D eigenvalue weighted by Crippen LogP contribution is -2.15. The average molecular weight is 237 g/mol. The monoisotopic (exact) mass is 237 g/mol. The van der Waals surface area contributed by atoms with Gasteiger partial charge in [0.1, 0.15) is 5.78 Å². The molecule has 17 heavy (non-hydrogen) atoms. The lowest BCUT2D eigenvalue weighted by molar-refractivity contribution is -0.384. The molecule has 92 valence electrons. The zero-order valence-electron chi connectivity index (χ0n) is 9.63. The number of nitro groups is 1. The Hall–Kier alpha value is -1.75. The number of hydrogen-bond acceptors (Lipinski definition) is 4. The Balaban J connectivity index is 2.73. The number of aliphatic hydroxyl groups is 1. The number of aliphatic hydroxyl groups excluding tert-OH is 1. The summed E-state index contributed by atoms with van der Waals surface area (Å²) < 4.78 is 0. The fraction of sp³-hybridized carbons (Fsp3) is 0.417. The van der Waals surface area contributed by atoms with Crippen molar-refractivity contribution in [3.63, 3.8) is 0 Å². The molecule has 0 spiro atoms. The molecule has 1 aromatic rings. The Morgan fingerprint density at radius 2 is 2.00 bits per heavy atom. The van der Waals surface area contributed by atoms with Crippen molar-refractivity contribution in [3.8, 4) is 0 Å². The molecule has 0 aliphatic heterocycles. The molecule has 0 saturated carbocycles. The van der Waals surface area contributed by atoms with Crippen LogP contribution < -0.4 is 0 Å². The van der Waals surface area contributed by atoms with Crippen LogP contribution in [0.1, 0.15) is 18.9 Å². The Kier molecular flexibility index (Phi) is 4.78. The van der Waals surface area contributed by atoms with E-state index in [9.17, 15) is 14.9 Å². The Labute approximate surface area is 99.2 Å². The fourth-order valence-electron chi connectivity index (χ4n) is 1.64. The standard InChI is InChI=1S/C12H15NO4/c1-9(15)11(6-7-14)8-10-2-4-12(5-3-10)13(16)17/h2-5,11,14H,6-8H2,1H3. The van der Waals surface area contributed by atoms with Crippen LogP contribution in [0.4, 0.5) is 5.69 Å². The Morgan fingerprint density at radius 1 is 1.41 bits per heavy atom. The van der Waals surface area contributed by atoms with Gasteiger partial charge in [0.05, 0.1) is 4.92 Å². The van der Waals surface area contributed by atoms with Crippen LogP contribution >= 0.6 is 0 Å². The quantitative estimate of drug-likeness (QED) is 0.603. The highest BCUT2D eigenvalue weighted by Crippen LogP contribution is 2.17. The minimum Gasteiger partial charge on any atom is -0.396 e. The third kappa shape index (κ3) is 3.96. The lowest BCUT2D eigenvalue weighted by atomic mass is 9.93. The molecule has 1 rings (SSSR count). The molecular formula is C12H15NO4. The predicted molar refractivity (Wildman–Crippen MR) is 62.7 cm³/mol. The van der Waals surface area contributed by atoms with Gasteiger partial charge in [-0.1, -0.05) is 12.1 Å². The third-order valence-electron chi connectivity index (χ3n) is 2.68. The molecule has 1 N–H and O–H groups in total. The van der Waals surface area contributed by atoms with Crippen LogP contribution in [-0.4, -0.2) is 22.4 Å². The van der Waals surface area contributed by atoms with Gasteiger partial charge >= 0.3 is 0 Å². The van der Waals surface area contributed by atoms with E-state index in [4.69, 9.17) is 5.11 Å². The summed E-state index contributed by atoms with van der Waals surface area (Å²) in [6.45, 7) is 1.46. The number of benzene rings is 1. The zero-order valence-corrected chi connectivity index (χ0v) is 9.63. The van der Waals surface area contributed by atoms with Crippen LogP contribution in [0.2, 0.25) is 0 Å². The SMILES string of the molecule is CC(=O)C(CCO)Cc1ccc([N+](=O)[O-])cc1. The highest BCUT2D eigenvalue weighted by atomic mass is 16.6. The number of ketones is 1. The van der Waals surface area contributed by atoms with E-state index in [1.807, 2.05) is 0 Å². The van der Waals surface area contributed by atoms with Crippen LogP contribution in [0.3, 0.4) is 0 Å². The van der Waals surface area contributed by atoms with Crippen molar-refractivity contribution in [2.75, 3.05) is 6.61 Å². The van der Waals surface area contributed by atoms with Crippen molar-refractivity contribution >= 4 is 11.5 Å². The molecule has 5 nitrogen and oxygen atoms in total. The van der Waals surface area contributed by atoms with Crippen molar-refractivity contribution in [1.82, 2.24) is 0 Å². The van der Waals surface area contributed by atoms with Crippen LogP contribution in [-0.2, 0) is 11.2 Å². The summed E-state index contributed by atoms with van der Waals surface area (Å²) in [6, 6.07) is 6.13. The van der Waals surface area contributed by atoms with Crippen LogP contribution in [0.25, 0.3) is 0 Å². The number of non-ortho nitro benzene ring substituents is 1. The molecule has 1 aromatic carbocycles. The minimum atomic E-state index is -0.458. The first-order chi connectivity index (χ1) is 8.04. The summed E-state index contributed by atoms with van der Waals surface area (Å²) in [5, 5.41) is 19.3. The Bertz CT molecular complexity index is 399. The van der Waals surface area contributed by atoms with Crippen molar-refractivity contribution in [1.29, 1.82) is 0 Å². The van der Waals surface area contributed by atoms with E-state index in [2.05, 4.69) is 0 Å². The topological polar surface area (TPSA) is 80.4 Å². The molecule has 1 unspecified atom stereocenters. The maximum Gasteiger partial charge on any atom is 0.269 e. The normalized spacial score (nSPS) is 12.1. The van der Waals surface area contributed by atoms with E-state index in [1.165, 1.54) is 19.1 Å². The number of Topliss-reactive ketones (excluding diaryl/α,β-unsaturated/α-hetero) is 1. The summed E-state index contributed by atoms with van der Waals surface area (Å²) in [5.41, 5.74) is 0.902. The summed E-state index contributed by atoms with van der Waals surface area (Å²) in [4.78, 5) is 21.3. The fourth-order valence-corrected chi connectivity index (χ4v) is 1.64. The first-order valence-corrected chi connectivity index (χ1v) is 5.39. The molecule has 0 fully saturated rings. The van der Waals surface area contributed by atoms with Crippen molar-refractivity contribution in [2.45, 2.75) is 19.8 Å². The molecule has 0 bridgehead atoms. The smallest absolute Gasteiger partial charge is 0.269 e. The van der Waals surface area contributed by atoms with Crippen LogP contribution in [0, 0.1) is 16.0 Å². The minimum absolute atomic E-state index is 0.0254. The van der Waals surface area contributed by atoms with Gasteiger partial charge in [-0.15, -0.1) is 0 Å². The second-order valence-corrected chi connectivity index (χ2v) is 3.95. The summed E-state index contributed by atoms with van der Waals surface area (Å²) in [6.07, 6.45) is 0.931. The largest absolute Gasteiger partial charge is 0.396 e. The van der Waals surface area contributed by atoms with Gasteiger partial charge in [-0.05, 0) is 25.3 Å². The van der Waals surface area contributed by atoms with Crippen molar-refractivity contribution < 1.29 is 14.8 Å². The highest BCUT2D eigenvalue weighted by Gasteiger charge is 2.14. The number of nitro benzene ring substituents is 1. The van der Waals surface area contributed by atoms with E-state index < -0.39 is 4.92 Å². The number of hydrogen-bond donors (Lipinski definition) is 1. The van der Waals surface area contributed by atoms with E-state index >= 15 is 0 Å². The average Bonchev–Trinajstić information content (AvgIpc) is 2.29. The molecule has 1 atom stereocenters. The van der Waals surface area contributed by atoms with Crippen LogP contribution in [0.15, 0.2) is 24.3 Å². The maximum absolute atomic E-state index is 11.3.